The van der Waals surface area contributed by atoms with Crippen LogP contribution in [0.3, 0.4) is 0 Å². The van der Waals surface area contributed by atoms with Crippen LogP contribution in [0.25, 0.3) is 0 Å². The molecule has 0 fully saturated rings. The molecule has 0 bridgehead atoms. The maximum Gasteiger partial charge on any atom is 0.342 e. The Balaban J connectivity index is 1.98. The largest absolute Gasteiger partial charge is 0.497 e. The van der Waals surface area contributed by atoms with Gasteiger partial charge in [0.15, 0.2) is 6.61 Å². The minimum absolute atomic E-state index is 0.260. The fourth-order valence-electron chi connectivity index (χ4n) is 2.56. The molecule has 1 atom stereocenters. The van der Waals surface area contributed by atoms with E-state index in [2.05, 4.69) is 5.32 Å². The zero-order valence-corrected chi connectivity index (χ0v) is 15.8. The van der Waals surface area contributed by atoms with Gasteiger partial charge in [0.25, 0.3) is 5.91 Å². The van der Waals surface area contributed by atoms with Gasteiger partial charge in [0, 0.05) is 5.56 Å². The maximum absolute atomic E-state index is 12.2. The fraction of sp³-hybridized carbons (Fsp3) is 0.300. The quantitative estimate of drug-likeness (QED) is 0.717. The molecule has 0 aliphatic heterocycles. The molecular weight excluding hydrogens is 350 g/mol. The van der Waals surface area contributed by atoms with Gasteiger partial charge in [-0.05, 0) is 37.3 Å². The first-order chi connectivity index (χ1) is 13.0. The number of para-hydroxylation sites is 1. The van der Waals surface area contributed by atoms with Crippen LogP contribution in [-0.4, -0.2) is 39.8 Å². The number of amides is 1. The highest BCUT2D eigenvalue weighted by atomic mass is 16.5. The molecule has 0 radical (unpaired) electrons. The van der Waals surface area contributed by atoms with Crippen molar-refractivity contribution in [1.82, 2.24) is 5.32 Å². The summed E-state index contributed by atoms with van der Waals surface area (Å²) >= 11 is 0. The van der Waals surface area contributed by atoms with Crippen molar-refractivity contribution < 1.29 is 28.5 Å². The number of ether oxygens (including phenoxy) is 4. The molecule has 0 saturated heterocycles. The predicted octanol–water partition coefficient (Wildman–Crippen LogP) is 2.75. The second kappa shape index (κ2) is 9.47. The lowest BCUT2D eigenvalue weighted by molar-refractivity contribution is -0.124. The van der Waals surface area contributed by atoms with Gasteiger partial charge in [0.05, 0.1) is 27.4 Å². The standard InChI is InChI=1S/C20H23NO6/c1-13(16-11-14(24-2)9-10-18(16)26-4)21-19(22)12-27-20(23)15-7-5-6-8-17(15)25-3/h5-11,13H,12H2,1-4H3,(H,21,22)/t13-/m0/s1. The molecule has 2 rings (SSSR count). The van der Waals surface area contributed by atoms with E-state index in [1.807, 2.05) is 0 Å². The van der Waals surface area contributed by atoms with Crippen LogP contribution in [-0.2, 0) is 9.53 Å². The molecule has 0 saturated carbocycles. The summed E-state index contributed by atoms with van der Waals surface area (Å²) in [5.74, 6) is 0.589. The Morgan fingerprint density at radius 2 is 1.67 bits per heavy atom. The molecule has 144 valence electrons. The molecular formula is C20H23NO6. The Hall–Kier alpha value is -3.22. The van der Waals surface area contributed by atoms with Crippen LogP contribution in [0, 0.1) is 0 Å². The molecule has 2 aromatic carbocycles. The van der Waals surface area contributed by atoms with E-state index in [1.54, 1.807) is 63.6 Å². The third kappa shape index (κ3) is 5.13. The smallest absolute Gasteiger partial charge is 0.342 e. The number of methoxy groups -OCH3 is 3. The number of rotatable bonds is 8. The van der Waals surface area contributed by atoms with Crippen LogP contribution >= 0.6 is 0 Å². The normalized spacial score (nSPS) is 11.3. The Bertz CT molecular complexity index is 805. The van der Waals surface area contributed by atoms with Gasteiger partial charge in [-0.1, -0.05) is 12.1 Å². The first kappa shape index (κ1) is 20.1. The molecule has 7 heteroatoms. The van der Waals surface area contributed by atoms with Crippen molar-refractivity contribution in [2.75, 3.05) is 27.9 Å². The Labute approximate surface area is 158 Å². The van der Waals surface area contributed by atoms with E-state index >= 15 is 0 Å². The summed E-state index contributed by atoms with van der Waals surface area (Å²) in [5.41, 5.74) is 1.01. The van der Waals surface area contributed by atoms with E-state index in [0.717, 1.165) is 5.56 Å². The predicted molar refractivity (Wildman–Crippen MR) is 99.4 cm³/mol. The highest BCUT2D eigenvalue weighted by Crippen LogP contribution is 2.29. The lowest BCUT2D eigenvalue weighted by atomic mass is 10.1. The number of nitrogens with one attached hydrogen (secondary N) is 1. The second-order valence-corrected chi connectivity index (χ2v) is 5.67. The molecule has 1 amide bonds. The van der Waals surface area contributed by atoms with Crippen molar-refractivity contribution in [3.63, 3.8) is 0 Å². The zero-order chi connectivity index (χ0) is 19.8. The summed E-state index contributed by atoms with van der Waals surface area (Å²) in [6.45, 7) is 1.39. The number of esters is 1. The van der Waals surface area contributed by atoms with Crippen LogP contribution in [0.5, 0.6) is 17.2 Å². The van der Waals surface area contributed by atoms with Gasteiger partial charge >= 0.3 is 5.97 Å². The van der Waals surface area contributed by atoms with E-state index in [0.29, 0.717) is 17.2 Å². The lowest BCUT2D eigenvalue weighted by Crippen LogP contribution is -2.31. The number of carbonyl (C=O) groups is 2. The molecule has 27 heavy (non-hydrogen) atoms. The molecule has 2 aromatic rings. The molecule has 0 spiro atoms. The SMILES string of the molecule is COc1ccc(OC)c([C@H](C)NC(=O)COC(=O)c2ccccc2OC)c1. The summed E-state index contributed by atoms with van der Waals surface area (Å²) in [7, 11) is 4.57. The van der Waals surface area contributed by atoms with Crippen molar-refractivity contribution in [3.8, 4) is 17.2 Å². The van der Waals surface area contributed by atoms with Crippen LogP contribution in [0.15, 0.2) is 42.5 Å². The van der Waals surface area contributed by atoms with E-state index in [1.165, 1.54) is 7.11 Å². The average molecular weight is 373 g/mol. The Morgan fingerprint density at radius 3 is 2.33 bits per heavy atom. The first-order valence-electron chi connectivity index (χ1n) is 8.31. The first-order valence-corrected chi connectivity index (χ1v) is 8.31. The number of benzene rings is 2. The van der Waals surface area contributed by atoms with Crippen LogP contribution in [0.2, 0.25) is 0 Å². The summed E-state index contributed by atoms with van der Waals surface area (Å²) in [6.07, 6.45) is 0. The molecule has 1 N–H and O–H groups in total. The van der Waals surface area contributed by atoms with Gasteiger partial charge in [0.1, 0.15) is 22.8 Å². The highest BCUT2D eigenvalue weighted by molar-refractivity contribution is 5.94. The van der Waals surface area contributed by atoms with Gasteiger partial charge < -0.3 is 24.3 Å². The van der Waals surface area contributed by atoms with Crippen LogP contribution in [0.4, 0.5) is 0 Å². The molecule has 0 aliphatic rings. The monoisotopic (exact) mass is 373 g/mol. The summed E-state index contributed by atoms with van der Waals surface area (Å²) in [5, 5.41) is 2.77. The second-order valence-electron chi connectivity index (χ2n) is 5.67. The molecule has 0 aromatic heterocycles. The maximum atomic E-state index is 12.2. The summed E-state index contributed by atoms with van der Waals surface area (Å²) in [4.78, 5) is 24.3. The van der Waals surface area contributed by atoms with Crippen molar-refractivity contribution in [1.29, 1.82) is 0 Å². The summed E-state index contributed by atoms with van der Waals surface area (Å²) < 4.78 is 20.7. The van der Waals surface area contributed by atoms with E-state index in [-0.39, 0.29) is 11.6 Å². The number of hydrogen-bond acceptors (Lipinski definition) is 6. The number of carbonyl (C=O) groups excluding carboxylic acids is 2. The van der Waals surface area contributed by atoms with Crippen molar-refractivity contribution in [2.45, 2.75) is 13.0 Å². The topological polar surface area (TPSA) is 83.1 Å². The van der Waals surface area contributed by atoms with E-state index in [9.17, 15) is 9.59 Å². The number of hydrogen-bond donors (Lipinski definition) is 1. The molecule has 0 unspecified atom stereocenters. The van der Waals surface area contributed by atoms with E-state index in [4.69, 9.17) is 18.9 Å². The average Bonchev–Trinajstić information content (AvgIpc) is 2.71. The minimum Gasteiger partial charge on any atom is -0.497 e. The third-order valence-electron chi connectivity index (χ3n) is 3.94. The van der Waals surface area contributed by atoms with Gasteiger partial charge in [-0.3, -0.25) is 4.79 Å². The third-order valence-corrected chi connectivity index (χ3v) is 3.94. The van der Waals surface area contributed by atoms with Crippen molar-refractivity contribution >= 4 is 11.9 Å². The minimum atomic E-state index is -0.630. The molecule has 7 nitrogen and oxygen atoms in total. The lowest BCUT2D eigenvalue weighted by Gasteiger charge is -2.18. The Morgan fingerprint density at radius 1 is 0.963 bits per heavy atom. The van der Waals surface area contributed by atoms with Crippen molar-refractivity contribution in [2.24, 2.45) is 0 Å². The van der Waals surface area contributed by atoms with Gasteiger partial charge in [-0.25, -0.2) is 4.79 Å². The molecule has 0 aliphatic carbocycles. The van der Waals surface area contributed by atoms with Crippen LogP contribution in [0.1, 0.15) is 28.9 Å². The van der Waals surface area contributed by atoms with Gasteiger partial charge in [-0.15, -0.1) is 0 Å². The van der Waals surface area contributed by atoms with Crippen molar-refractivity contribution in [3.05, 3.63) is 53.6 Å². The Kier molecular flexibility index (Phi) is 7.05. The van der Waals surface area contributed by atoms with Gasteiger partial charge in [-0.2, -0.15) is 0 Å². The van der Waals surface area contributed by atoms with E-state index < -0.39 is 18.5 Å². The summed E-state index contributed by atoms with van der Waals surface area (Å²) in [6, 6.07) is 11.6. The fourth-order valence-corrected chi connectivity index (χ4v) is 2.56. The van der Waals surface area contributed by atoms with Gasteiger partial charge in [0.2, 0.25) is 0 Å². The highest BCUT2D eigenvalue weighted by Gasteiger charge is 2.18. The zero-order valence-electron chi connectivity index (χ0n) is 15.8. The van der Waals surface area contributed by atoms with Crippen LogP contribution < -0.4 is 19.5 Å². The molecule has 0 heterocycles.